The Labute approximate surface area is 135 Å². The topological polar surface area (TPSA) is 75.6 Å². The van der Waals surface area contributed by atoms with Crippen molar-refractivity contribution in [1.29, 1.82) is 0 Å². The molecule has 0 saturated carbocycles. The quantitative estimate of drug-likeness (QED) is 0.873. The lowest BCUT2D eigenvalue weighted by atomic mass is 9.98. The number of methoxy groups -OCH3 is 1. The molecule has 0 radical (unpaired) electrons. The number of carbonyl (C=O) groups excluding carboxylic acids is 1. The Kier molecular flexibility index (Phi) is 4.91. The van der Waals surface area contributed by atoms with E-state index in [9.17, 15) is 14.7 Å². The molecule has 114 valence electrons. The number of amides is 1. The molecule has 21 heavy (non-hydrogen) atoms. The Morgan fingerprint density at radius 3 is 2.43 bits per heavy atom. The van der Waals surface area contributed by atoms with Crippen LogP contribution in [0.15, 0.2) is 12.1 Å². The molecule has 5 nitrogen and oxygen atoms in total. The van der Waals surface area contributed by atoms with Gasteiger partial charge in [-0.2, -0.15) is 11.8 Å². The first kappa shape index (κ1) is 16.3. The fraction of sp³-hybridized carbons (Fsp3) is 0.385. The molecule has 2 N–H and O–H groups in total. The van der Waals surface area contributed by atoms with E-state index in [1.165, 1.54) is 31.0 Å². The summed E-state index contributed by atoms with van der Waals surface area (Å²) in [5.74, 6) is -0.250. The first-order valence-corrected chi connectivity index (χ1v) is 7.97. The lowest BCUT2D eigenvalue weighted by Crippen LogP contribution is -2.54. The molecule has 1 heterocycles. The van der Waals surface area contributed by atoms with Crippen molar-refractivity contribution in [2.45, 2.75) is 12.0 Å². The lowest BCUT2D eigenvalue weighted by Gasteiger charge is -2.24. The van der Waals surface area contributed by atoms with Crippen LogP contribution in [0.4, 0.5) is 0 Å². The van der Waals surface area contributed by atoms with E-state index in [2.05, 4.69) is 5.32 Å². The van der Waals surface area contributed by atoms with Crippen LogP contribution in [0.1, 0.15) is 16.8 Å². The van der Waals surface area contributed by atoms with E-state index in [4.69, 9.17) is 27.9 Å². The SMILES string of the molecule is COc1c(Cl)cc(C(=O)NC2(C(=O)O)CCSC2)cc1Cl. The van der Waals surface area contributed by atoms with Gasteiger partial charge in [-0.15, -0.1) is 0 Å². The highest BCUT2D eigenvalue weighted by molar-refractivity contribution is 7.99. The summed E-state index contributed by atoms with van der Waals surface area (Å²) in [5.41, 5.74) is -1.04. The predicted octanol–water partition coefficient (Wildman–Crippen LogP) is 2.69. The molecule has 1 aromatic carbocycles. The van der Waals surface area contributed by atoms with Gasteiger partial charge in [-0.3, -0.25) is 4.79 Å². The summed E-state index contributed by atoms with van der Waals surface area (Å²) in [7, 11) is 1.42. The number of halogens is 2. The number of rotatable bonds is 4. The van der Waals surface area contributed by atoms with Crippen molar-refractivity contribution < 1.29 is 19.4 Å². The van der Waals surface area contributed by atoms with Gasteiger partial charge < -0.3 is 15.2 Å². The van der Waals surface area contributed by atoms with E-state index in [0.29, 0.717) is 17.9 Å². The smallest absolute Gasteiger partial charge is 0.330 e. The van der Waals surface area contributed by atoms with E-state index in [1.807, 2.05) is 0 Å². The monoisotopic (exact) mass is 349 g/mol. The third-order valence-electron chi connectivity index (χ3n) is 3.25. The summed E-state index contributed by atoms with van der Waals surface area (Å²) in [6.07, 6.45) is 0.385. The van der Waals surface area contributed by atoms with Crippen LogP contribution in [0.25, 0.3) is 0 Å². The molecule has 1 saturated heterocycles. The first-order chi connectivity index (χ1) is 9.89. The minimum absolute atomic E-state index is 0.195. The average molecular weight is 350 g/mol. The maximum atomic E-state index is 12.3. The van der Waals surface area contributed by atoms with Gasteiger partial charge in [0.1, 0.15) is 5.54 Å². The summed E-state index contributed by atoms with van der Waals surface area (Å²) >= 11 is 13.5. The number of thioether (sulfide) groups is 1. The van der Waals surface area contributed by atoms with Crippen LogP contribution in [0, 0.1) is 0 Å². The molecule has 1 unspecified atom stereocenters. The maximum absolute atomic E-state index is 12.3. The highest BCUT2D eigenvalue weighted by Crippen LogP contribution is 2.34. The molecule has 1 aliphatic heterocycles. The third-order valence-corrected chi connectivity index (χ3v) is 5.00. The molecule has 1 aromatic rings. The van der Waals surface area contributed by atoms with Crippen molar-refractivity contribution in [1.82, 2.24) is 5.32 Å². The summed E-state index contributed by atoms with van der Waals surface area (Å²) in [5, 5.41) is 12.3. The summed E-state index contributed by atoms with van der Waals surface area (Å²) < 4.78 is 5.01. The van der Waals surface area contributed by atoms with Crippen molar-refractivity contribution in [2.24, 2.45) is 0 Å². The van der Waals surface area contributed by atoms with Crippen molar-refractivity contribution in [2.75, 3.05) is 18.6 Å². The number of carboxylic acids is 1. The second-order valence-corrected chi connectivity index (χ2v) is 6.54. The molecule has 0 spiro atoms. The number of carboxylic acid groups (broad SMARTS) is 1. The van der Waals surface area contributed by atoms with Gasteiger partial charge in [-0.25, -0.2) is 4.79 Å². The van der Waals surface area contributed by atoms with Gasteiger partial charge in [-0.05, 0) is 24.3 Å². The predicted molar refractivity (Wildman–Crippen MR) is 82.8 cm³/mol. The minimum atomic E-state index is -1.24. The average Bonchev–Trinajstić information content (AvgIpc) is 2.88. The van der Waals surface area contributed by atoms with E-state index < -0.39 is 17.4 Å². The van der Waals surface area contributed by atoms with Crippen LogP contribution in [0.5, 0.6) is 5.75 Å². The van der Waals surface area contributed by atoms with Crippen LogP contribution in [0.3, 0.4) is 0 Å². The number of hydrogen-bond donors (Lipinski definition) is 2. The standard InChI is InChI=1S/C13H13Cl2NO4S/c1-20-10-8(14)4-7(5-9(10)15)11(17)16-13(12(18)19)2-3-21-6-13/h4-5H,2-3,6H2,1H3,(H,16,17)(H,18,19). The van der Waals surface area contributed by atoms with Crippen molar-refractivity contribution >= 4 is 46.8 Å². The van der Waals surface area contributed by atoms with Gasteiger partial charge in [-0.1, -0.05) is 23.2 Å². The Morgan fingerprint density at radius 1 is 1.38 bits per heavy atom. The molecule has 1 fully saturated rings. The van der Waals surface area contributed by atoms with Crippen molar-refractivity contribution in [3.63, 3.8) is 0 Å². The molecule has 1 aliphatic rings. The molecule has 1 amide bonds. The highest BCUT2D eigenvalue weighted by atomic mass is 35.5. The van der Waals surface area contributed by atoms with Crippen molar-refractivity contribution in [3.8, 4) is 5.75 Å². The second kappa shape index (κ2) is 6.34. The fourth-order valence-electron chi connectivity index (χ4n) is 2.06. The van der Waals surface area contributed by atoms with Gasteiger partial charge in [0, 0.05) is 11.3 Å². The number of hydrogen-bond acceptors (Lipinski definition) is 4. The number of benzene rings is 1. The third kappa shape index (κ3) is 3.22. The normalized spacial score (nSPS) is 21.1. The van der Waals surface area contributed by atoms with Crippen molar-refractivity contribution in [3.05, 3.63) is 27.7 Å². The Bertz CT molecular complexity index is 565. The van der Waals surface area contributed by atoms with Crippen LogP contribution in [-0.4, -0.2) is 41.1 Å². The fourth-order valence-corrected chi connectivity index (χ4v) is 4.03. The molecular formula is C13H13Cl2NO4S. The van der Waals surface area contributed by atoms with Crippen LogP contribution >= 0.6 is 35.0 Å². The number of carbonyl (C=O) groups is 2. The minimum Gasteiger partial charge on any atom is -0.494 e. The lowest BCUT2D eigenvalue weighted by molar-refractivity contribution is -0.143. The highest BCUT2D eigenvalue weighted by Gasteiger charge is 2.43. The zero-order chi connectivity index (χ0) is 15.6. The van der Waals surface area contributed by atoms with E-state index >= 15 is 0 Å². The molecule has 0 aliphatic carbocycles. The van der Waals surface area contributed by atoms with E-state index in [-0.39, 0.29) is 21.4 Å². The Balaban J connectivity index is 2.26. The molecule has 1 atom stereocenters. The van der Waals surface area contributed by atoms with Crippen LogP contribution in [-0.2, 0) is 4.79 Å². The van der Waals surface area contributed by atoms with Gasteiger partial charge in [0.25, 0.3) is 5.91 Å². The van der Waals surface area contributed by atoms with E-state index in [1.54, 1.807) is 0 Å². The molecule has 0 bridgehead atoms. The molecule has 0 aromatic heterocycles. The zero-order valence-corrected chi connectivity index (χ0v) is 13.4. The van der Waals surface area contributed by atoms with Crippen LogP contribution < -0.4 is 10.1 Å². The number of nitrogens with one attached hydrogen (secondary N) is 1. The largest absolute Gasteiger partial charge is 0.494 e. The van der Waals surface area contributed by atoms with Gasteiger partial charge in [0.05, 0.1) is 17.2 Å². The second-order valence-electron chi connectivity index (χ2n) is 4.62. The molecule has 8 heteroatoms. The first-order valence-electron chi connectivity index (χ1n) is 6.06. The maximum Gasteiger partial charge on any atom is 0.330 e. The Hall–Kier alpha value is -1.11. The number of aliphatic carboxylic acids is 1. The number of ether oxygens (including phenoxy) is 1. The van der Waals surface area contributed by atoms with Gasteiger partial charge >= 0.3 is 5.97 Å². The zero-order valence-electron chi connectivity index (χ0n) is 11.1. The van der Waals surface area contributed by atoms with Gasteiger partial charge in [0.2, 0.25) is 0 Å². The van der Waals surface area contributed by atoms with Crippen LogP contribution in [0.2, 0.25) is 10.0 Å². The molecule has 2 rings (SSSR count). The summed E-state index contributed by atoms with van der Waals surface area (Å²) in [4.78, 5) is 23.7. The summed E-state index contributed by atoms with van der Waals surface area (Å²) in [6, 6.07) is 2.80. The Morgan fingerprint density at radius 2 is 2.00 bits per heavy atom. The van der Waals surface area contributed by atoms with E-state index in [0.717, 1.165) is 0 Å². The summed E-state index contributed by atoms with van der Waals surface area (Å²) in [6.45, 7) is 0. The molecular weight excluding hydrogens is 337 g/mol. The van der Waals surface area contributed by atoms with Gasteiger partial charge in [0.15, 0.2) is 5.75 Å².